The molecule has 0 rings (SSSR count). The van der Waals surface area contributed by atoms with Crippen LogP contribution in [0.2, 0.25) is 0 Å². The number of ether oxygens (including phenoxy) is 5. The predicted molar refractivity (Wildman–Crippen MR) is 94.5 cm³/mol. The number of nitrogens with one attached hydrogen (secondary N) is 2. The van der Waals surface area contributed by atoms with Crippen LogP contribution in [0.5, 0.6) is 0 Å². The van der Waals surface area contributed by atoms with Gasteiger partial charge in [0, 0.05) is 6.54 Å². The Morgan fingerprint density at radius 2 is 1.23 bits per heavy atom. The first kappa shape index (κ1) is 24.5. The van der Waals surface area contributed by atoms with Crippen molar-refractivity contribution in [2.45, 2.75) is 32.8 Å². The molecule has 0 aliphatic heterocycles. The van der Waals surface area contributed by atoms with Crippen LogP contribution in [-0.2, 0) is 28.5 Å². The zero-order valence-electron chi connectivity index (χ0n) is 16.0. The Kier molecular flexibility index (Phi) is 14.9. The lowest BCUT2D eigenvalue weighted by Gasteiger charge is -2.19. The average molecular weight is 379 g/mol. The summed E-state index contributed by atoms with van der Waals surface area (Å²) in [5.74, 6) is -0.373. The van der Waals surface area contributed by atoms with E-state index >= 15 is 0 Å². The van der Waals surface area contributed by atoms with Crippen molar-refractivity contribution in [3.8, 4) is 0 Å². The van der Waals surface area contributed by atoms with Gasteiger partial charge in [-0.25, -0.2) is 10.2 Å². The molecule has 10 heteroatoms. The summed E-state index contributed by atoms with van der Waals surface area (Å²) in [4.78, 5) is 22.8. The van der Waals surface area contributed by atoms with Gasteiger partial charge in [-0.1, -0.05) is 0 Å². The molecule has 0 aliphatic carbocycles. The van der Waals surface area contributed by atoms with Gasteiger partial charge in [-0.3, -0.25) is 10.2 Å². The number of carbonyl (C=O) groups is 2. The number of amides is 2. The average Bonchev–Trinajstić information content (AvgIpc) is 2.55. The number of hydrogen-bond acceptors (Lipinski definition) is 8. The summed E-state index contributed by atoms with van der Waals surface area (Å²) in [6, 6.07) is 0. The molecule has 0 heterocycles. The van der Waals surface area contributed by atoms with E-state index in [9.17, 15) is 9.59 Å². The van der Waals surface area contributed by atoms with Crippen LogP contribution in [0.15, 0.2) is 0 Å². The Bertz CT molecular complexity index is 375. The van der Waals surface area contributed by atoms with Crippen molar-refractivity contribution in [1.82, 2.24) is 10.9 Å². The Labute approximate surface area is 155 Å². The predicted octanol–water partition coefficient (Wildman–Crippen LogP) is -0.0425. The molecule has 10 nitrogen and oxygen atoms in total. The fourth-order valence-corrected chi connectivity index (χ4v) is 1.50. The quantitative estimate of drug-likeness (QED) is 0.283. The normalized spacial score (nSPS) is 11.2. The second-order valence-corrected chi connectivity index (χ2v) is 6.16. The molecule has 0 bridgehead atoms. The minimum atomic E-state index is -0.715. The molecule has 0 aromatic rings. The minimum Gasteiger partial charge on any atom is -0.443 e. The molecule has 0 radical (unpaired) electrons. The molecule has 154 valence electrons. The Morgan fingerprint density at radius 1 is 0.769 bits per heavy atom. The molecule has 0 aromatic heterocycles. The van der Waals surface area contributed by atoms with Gasteiger partial charge in [0.05, 0.1) is 59.3 Å². The largest absolute Gasteiger partial charge is 0.443 e. The van der Waals surface area contributed by atoms with Crippen molar-refractivity contribution in [2.24, 2.45) is 5.73 Å². The van der Waals surface area contributed by atoms with E-state index in [1.807, 2.05) is 0 Å². The molecule has 0 unspecified atom stereocenters. The minimum absolute atomic E-state index is 0.113. The molecule has 0 atom stereocenters. The van der Waals surface area contributed by atoms with E-state index in [1.54, 1.807) is 20.8 Å². The van der Waals surface area contributed by atoms with Crippen LogP contribution in [0.3, 0.4) is 0 Å². The standard InChI is InChI=1S/C16H33N3O7/c1-16(2,3)26-15(21)19-18-14(20)4-6-22-8-10-24-12-13-25-11-9-23-7-5-17/h4-13,17H2,1-3H3,(H,18,20)(H,19,21). The SMILES string of the molecule is CC(C)(C)OC(=O)NNC(=O)CCOCCOCCOCCOCCN. The third kappa shape index (κ3) is 18.9. The van der Waals surface area contributed by atoms with E-state index < -0.39 is 11.7 Å². The summed E-state index contributed by atoms with van der Waals surface area (Å²) < 4.78 is 26.0. The summed E-state index contributed by atoms with van der Waals surface area (Å²) in [6.07, 6.45) is -0.602. The molecule has 0 aromatic carbocycles. The first-order valence-electron chi connectivity index (χ1n) is 8.64. The number of nitrogens with two attached hydrogens (primary N) is 1. The van der Waals surface area contributed by atoms with Gasteiger partial charge in [0.25, 0.3) is 0 Å². The number of carbonyl (C=O) groups excluding carboxylic acids is 2. The second-order valence-electron chi connectivity index (χ2n) is 6.16. The maximum absolute atomic E-state index is 11.5. The Morgan fingerprint density at radius 3 is 1.69 bits per heavy atom. The summed E-state index contributed by atoms with van der Waals surface area (Å²) in [6.45, 7) is 9.19. The molecule has 0 saturated carbocycles. The molecule has 2 amide bonds. The van der Waals surface area contributed by atoms with Crippen LogP contribution in [0, 0.1) is 0 Å². The van der Waals surface area contributed by atoms with Crippen LogP contribution in [0.1, 0.15) is 27.2 Å². The van der Waals surface area contributed by atoms with Gasteiger partial charge in [0.15, 0.2) is 0 Å². The van der Waals surface area contributed by atoms with Crippen molar-refractivity contribution in [2.75, 3.05) is 59.4 Å². The zero-order chi connectivity index (χ0) is 19.7. The van der Waals surface area contributed by atoms with Gasteiger partial charge in [-0.2, -0.15) is 0 Å². The Balaban J connectivity index is 3.32. The lowest BCUT2D eigenvalue weighted by atomic mass is 10.2. The third-order valence-corrected chi connectivity index (χ3v) is 2.55. The molecule has 0 spiro atoms. The maximum atomic E-state index is 11.5. The summed E-state index contributed by atoms with van der Waals surface area (Å²) >= 11 is 0. The molecule has 0 aliphatic rings. The fraction of sp³-hybridized carbons (Fsp3) is 0.875. The van der Waals surface area contributed by atoms with Crippen molar-refractivity contribution in [1.29, 1.82) is 0 Å². The van der Waals surface area contributed by atoms with Crippen LogP contribution >= 0.6 is 0 Å². The molecular formula is C16H33N3O7. The van der Waals surface area contributed by atoms with Crippen molar-refractivity contribution in [3.05, 3.63) is 0 Å². The lowest BCUT2D eigenvalue weighted by Crippen LogP contribution is -2.44. The topological polar surface area (TPSA) is 130 Å². The summed E-state index contributed by atoms with van der Waals surface area (Å²) in [5, 5.41) is 0. The van der Waals surface area contributed by atoms with Gasteiger partial charge in [-0.15, -0.1) is 0 Å². The number of hydrazine groups is 1. The highest BCUT2D eigenvalue weighted by atomic mass is 16.6. The monoisotopic (exact) mass is 379 g/mol. The van der Waals surface area contributed by atoms with Crippen LogP contribution in [-0.4, -0.2) is 77.0 Å². The van der Waals surface area contributed by atoms with E-state index in [0.29, 0.717) is 52.8 Å². The zero-order valence-corrected chi connectivity index (χ0v) is 16.0. The highest BCUT2D eigenvalue weighted by Crippen LogP contribution is 2.05. The van der Waals surface area contributed by atoms with Gasteiger partial charge in [0.2, 0.25) is 5.91 Å². The van der Waals surface area contributed by atoms with E-state index in [1.165, 1.54) is 0 Å². The fourth-order valence-electron chi connectivity index (χ4n) is 1.50. The van der Waals surface area contributed by atoms with E-state index in [2.05, 4.69) is 10.9 Å². The Hall–Kier alpha value is -1.46. The highest BCUT2D eigenvalue weighted by molar-refractivity contribution is 5.79. The highest BCUT2D eigenvalue weighted by Gasteiger charge is 2.16. The summed E-state index contributed by atoms with van der Waals surface area (Å²) in [5.41, 5.74) is 9.06. The third-order valence-electron chi connectivity index (χ3n) is 2.55. The van der Waals surface area contributed by atoms with Crippen molar-refractivity contribution >= 4 is 12.0 Å². The van der Waals surface area contributed by atoms with Crippen molar-refractivity contribution in [3.63, 3.8) is 0 Å². The molecular weight excluding hydrogens is 346 g/mol. The molecule has 26 heavy (non-hydrogen) atoms. The second kappa shape index (κ2) is 15.8. The van der Waals surface area contributed by atoms with Gasteiger partial charge in [0.1, 0.15) is 5.60 Å². The van der Waals surface area contributed by atoms with Crippen LogP contribution < -0.4 is 16.6 Å². The first-order valence-corrected chi connectivity index (χ1v) is 8.64. The smallest absolute Gasteiger partial charge is 0.426 e. The number of hydrogen-bond donors (Lipinski definition) is 3. The lowest BCUT2D eigenvalue weighted by molar-refractivity contribution is -0.123. The van der Waals surface area contributed by atoms with Crippen molar-refractivity contribution < 1.29 is 33.3 Å². The molecule has 0 saturated heterocycles. The maximum Gasteiger partial charge on any atom is 0.426 e. The van der Waals surface area contributed by atoms with E-state index in [4.69, 9.17) is 29.4 Å². The molecule has 0 fully saturated rings. The van der Waals surface area contributed by atoms with Gasteiger partial charge in [-0.05, 0) is 20.8 Å². The van der Waals surface area contributed by atoms with Crippen LogP contribution in [0.4, 0.5) is 4.79 Å². The summed E-state index contributed by atoms with van der Waals surface area (Å²) in [7, 11) is 0. The molecule has 4 N–H and O–H groups in total. The van der Waals surface area contributed by atoms with Gasteiger partial charge >= 0.3 is 6.09 Å². The first-order chi connectivity index (χ1) is 12.3. The van der Waals surface area contributed by atoms with Crippen LogP contribution in [0.25, 0.3) is 0 Å². The number of rotatable bonds is 14. The van der Waals surface area contributed by atoms with Gasteiger partial charge < -0.3 is 29.4 Å². The van der Waals surface area contributed by atoms with E-state index in [0.717, 1.165) is 0 Å². The van der Waals surface area contributed by atoms with E-state index in [-0.39, 0.29) is 18.9 Å².